The Morgan fingerprint density at radius 2 is 1.94 bits per heavy atom. The van der Waals surface area contributed by atoms with E-state index < -0.39 is 0 Å². The van der Waals surface area contributed by atoms with Gasteiger partial charge in [0.1, 0.15) is 10.9 Å². The molecule has 94 valence electrons. The Morgan fingerprint density at radius 1 is 1.22 bits per heavy atom. The minimum Gasteiger partial charge on any atom is -0.496 e. The van der Waals surface area contributed by atoms with Crippen LogP contribution in [0.15, 0.2) is 35.1 Å². The highest BCUT2D eigenvalue weighted by atomic mass is 35.5. The van der Waals surface area contributed by atoms with E-state index in [1.165, 1.54) is 4.57 Å². The van der Waals surface area contributed by atoms with E-state index in [1.807, 2.05) is 25.1 Å². The van der Waals surface area contributed by atoms with Crippen molar-refractivity contribution in [2.45, 2.75) is 6.92 Å². The van der Waals surface area contributed by atoms with E-state index in [9.17, 15) is 4.79 Å². The average molecular weight is 264 g/mol. The van der Waals surface area contributed by atoms with Crippen LogP contribution in [-0.4, -0.2) is 11.7 Å². The van der Waals surface area contributed by atoms with E-state index in [0.717, 1.165) is 22.4 Å². The average Bonchev–Trinajstić information content (AvgIpc) is 2.35. The van der Waals surface area contributed by atoms with Crippen molar-refractivity contribution >= 4 is 11.6 Å². The van der Waals surface area contributed by atoms with Crippen molar-refractivity contribution in [2.24, 2.45) is 7.05 Å². The number of methoxy groups -OCH3 is 1. The maximum absolute atomic E-state index is 11.8. The van der Waals surface area contributed by atoms with Crippen LogP contribution in [0.2, 0.25) is 5.15 Å². The normalized spacial score (nSPS) is 10.4. The molecular weight excluding hydrogens is 250 g/mol. The zero-order chi connectivity index (χ0) is 13.3. The molecule has 2 aromatic rings. The maximum Gasteiger partial charge on any atom is 0.252 e. The number of hydrogen-bond donors (Lipinski definition) is 0. The van der Waals surface area contributed by atoms with Crippen molar-refractivity contribution in [2.75, 3.05) is 7.11 Å². The van der Waals surface area contributed by atoms with Gasteiger partial charge in [-0.25, -0.2) is 0 Å². The molecule has 0 bridgehead atoms. The molecule has 1 aromatic heterocycles. The molecule has 0 atom stereocenters. The van der Waals surface area contributed by atoms with Gasteiger partial charge in [0, 0.05) is 18.7 Å². The van der Waals surface area contributed by atoms with E-state index in [2.05, 4.69) is 0 Å². The fourth-order valence-electron chi connectivity index (χ4n) is 1.80. The summed E-state index contributed by atoms with van der Waals surface area (Å²) in [6.45, 7) is 1.99. The molecule has 4 heteroatoms. The second-order valence-corrected chi connectivity index (χ2v) is 4.55. The number of halogens is 1. The molecule has 3 nitrogen and oxygen atoms in total. The number of ether oxygens (including phenoxy) is 1. The molecule has 0 radical (unpaired) electrons. The van der Waals surface area contributed by atoms with Crippen LogP contribution in [0.5, 0.6) is 5.75 Å². The second kappa shape index (κ2) is 4.86. The van der Waals surface area contributed by atoms with Gasteiger partial charge in [0.15, 0.2) is 0 Å². The molecular formula is C14H14ClNO2. The Bertz CT molecular complexity index is 647. The van der Waals surface area contributed by atoms with Gasteiger partial charge in [-0.15, -0.1) is 0 Å². The van der Waals surface area contributed by atoms with Gasteiger partial charge in [-0.3, -0.25) is 4.79 Å². The molecule has 0 aliphatic heterocycles. The van der Waals surface area contributed by atoms with Crippen molar-refractivity contribution in [1.29, 1.82) is 0 Å². The summed E-state index contributed by atoms with van der Waals surface area (Å²) < 4.78 is 6.71. The van der Waals surface area contributed by atoms with Gasteiger partial charge in [0.25, 0.3) is 5.56 Å². The fraction of sp³-hybridized carbons (Fsp3) is 0.214. The monoisotopic (exact) mass is 263 g/mol. The van der Waals surface area contributed by atoms with Gasteiger partial charge in [0.2, 0.25) is 0 Å². The van der Waals surface area contributed by atoms with Crippen LogP contribution >= 0.6 is 11.6 Å². The van der Waals surface area contributed by atoms with Crippen LogP contribution in [0.4, 0.5) is 0 Å². The predicted molar refractivity (Wildman–Crippen MR) is 73.4 cm³/mol. The summed E-state index contributed by atoms with van der Waals surface area (Å²) in [4.78, 5) is 11.8. The Balaban J connectivity index is 2.69. The number of aryl methyl sites for hydroxylation is 1. The van der Waals surface area contributed by atoms with Crippen molar-refractivity contribution in [3.05, 3.63) is 51.4 Å². The van der Waals surface area contributed by atoms with Gasteiger partial charge < -0.3 is 9.30 Å². The molecule has 0 unspecified atom stereocenters. The highest BCUT2D eigenvalue weighted by Gasteiger charge is 2.09. The van der Waals surface area contributed by atoms with Crippen molar-refractivity contribution < 1.29 is 4.74 Å². The van der Waals surface area contributed by atoms with Crippen LogP contribution in [0, 0.1) is 6.92 Å². The lowest BCUT2D eigenvalue weighted by Gasteiger charge is -2.11. The molecule has 0 spiro atoms. The molecule has 18 heavy (non-hydrogen) atoms. The predicted octanol–water partition coefficient (Wildman–Crippen LogP) is 3.02. The quantitative estimate of drug-likeness (QED) is 0.780. The first kappa shape index (κ1) is 12.7. The minimum atomic E-state index is -0.138. The first-order valence-electron chi connectivity index (χ1n) is 5.54. The lowest BCUT2D eigenvalue weighted by molar-refractivity contribution is 0.416. The van der Waals surface area contributed by atoms with Crippen LogP contribution in [0.1, 0.15) is 5.56 Å². The molecule has 0 fully saturated rings. The van der Waals surface area contributed by atoms with E-state index in [0.29, 0.717) is 5.15 Å². The summed E-state index contributed by atoms with van der Waals surface area (Å²) in [5.41, 5.74) is 2.60. The van der Waals surface area contributed by atoms with Crippen molar-refractivity contribution in [3.63, 3.8) is 0 Å². The highest BCUT2D eigenvalue weighted by molar-refractivity contribution is 6.29. The molecule has 0 aliphatic rings. The first-order valence-corrected chi connectivity index (χ1v) is 5.92. The number of hydrogen-bond acceptors (Lipinski definition) is 2. The third-order valence-electron chi connectivity index (χ3n) is 2.87. The zero-order valence-corrected chi connectivity index (χ0v) is 11.3. The molecule has 1 aromatic carbocycles. The topological polar surface area (TPSA) is 31.2 Å². The Morgan fingerprint density at radius 3 is 2.56 bits per heavy atom. The minimum absolute atomic E-state index is 0.138. The molecule has 0 N–H and O–H groups in total. The third-order valence-corrected chi connectivity index (χ3v) is 3.23. The van der Waals surface area contributed by atoms with Crippen LogP contribution in [0.3, 0.4) is 0 Å². The number of benzene rings is 1. The Labute approximate surface area is 111 Å². The number of aromatic nitrogens is 1. The summed E-state index contributed by atoms with van der Waals surface area (Å²) in [5.74, 6) is 0.727. The van der Waals surface area contributed by atoms with E-state index in [-0.39, 0.29) is 5.56 Å². The zero-order valence-electron chi connectivity index (χ0n) is 10.5. The standard InChI is InChI=1S/C14H14ClNO2/c1-9-4-5-12(18-3)11(6-9)10-7-13(15)16(2)14(17)8-10/h4-8H,1-3H3. The van der Waals surface area contributed by atoms with Gasteiger partial charge >= 0.3 is 0 Å². The molecule has 0 aliphatic carbocycles. The van der Waals surface area contributed by atoms with Crippen LogP contribution < -0.4 is 10.3 Å². The first-order chi connectivity index (χ1) is 8.52. The van der Waals surface area contributed by atoms with E-state index >= 15 is 0 Å². The summed E-state index contributed by atoms with van der Waals surface area (Å²) in [6.07, 6.45) is 0. The second-order valence-electron chi connectivity index (χ2n) is 4.17. The number of nitrogens with zero attached hydrogens (tertiary/aromatic N) is 1. The molecule has 0 saturated heterocycles. The molecule has 2 rings (SSSR count). The van der Waals surface area contributed by atoms with E-state index in [4.69, 9.17) is 16.3 Å². The van der Waals surface area contributed by atoms with Gasteiger partial charge in [0.05, 0.1) is 7.11 Å². The van der Waals surface area contributed by atoms with Gasteiger partial charge in [-0.1, -0.05) is 23.2 Å². The summed E-state index contributed by atoms with van der Waals surface area (Å²) in [6, 6.07) is 9.15. The summed E-state index contributed by atoms with van der Waals surface area (Å²) >= 11 is 6.03. The molecule has 0 saturated carbocycles. The number of rotatable bonds is 2. The van der Waals surface area contributed by atoms with E-state index in [1.54, 1.807) is 26.3 Å². The molecule has 0 amide bonds. The van der Waals surface area contributed by atoms with Gasteiger partial charge in [-0.05, 0) is 30.7 Å². The van der Waals surface area contributed by atoms with Crippen molar-refractivity contribution in [1.82, 2.24) is 4.57 Å². The fourth-order valence-corrected chi connectivity index (χ4v) is 2.01. The van der Waals surface area contributed by atoms with Crippen LogP contribution in [-0.2, 0) is 7.05 Å². The van der Waals surface area contributed by atoms with Crippen molar-refractivity contribution in [3.8, 4) is 16.9 Å². The maximum atomic E-state index is 11.8. The summed E-state index contributed by atoms with van der Waals surface area (Å²) in [5, 5.41) is 0.404. The third kappa shape index (κ3) is 2.27. The largest absolute Gasteiger partial charge is 0.496 e. The SMILES string of the molecule is COc1ccc(C)cc1-c1cc(Cl)n(C)c(=O)c1. The Kier molecular flexibility index (Phi) is 3.43. The molecule has 1 heterocycles. The lowest BCUT2D eigenvalue weighted by atomic mass is 10.0. The smallest absolute Gasteiger partial charge is 0.252 e. The lowest BCUT2D eigenvalue weighted by Crippen LogP contribution is -2.16. The Hall–Kier alpha value is -1.74. The highest BCUT2D eigenvalue weighted by Crippen LogP contribution is 2.31. The summed E-state index contributed by atoms with van der Waals surface area (Å²) in [7, 11) is 3.25. The van der Waals surface area contributed by atoms with Crippen LogP contribution in [0.25, 0.3) is 11.1 Å². The van der Waals surface area contributed by atoms with Gasteiger partial charge in [-0.2, -0.15) is 0 Å². The number of pyridine rings is 1.